The highest BCUT2D eigenvalue weighted by molar-refractivity contribution is 5.96. The zero-order valence-electron chi connectivity index (χ0n) is 13.1. The van der Waals surface area contributed by atoms with Gasteiger partial charge in [0.15, 0.2) is 0 Å². The smallest absolute Gasteiger partial charge is 0.302 e. The third-order valence-electron chi connectivity index (χ3n) is 2.63. The number of benzene rings is 1. The van der Waals surface area contributed by atoms with Gasteiger partial charge < -0.3 is 15.8 Å². The zero-order chi connectivity index (χ0) is 16.5. The summed E-state index contributed by atoms with van der Waals surface area (Å²) in [6.45, 7) is 5.86. The van der Waals surface area contributed by atoms with Gasteiger partial charge in [-0.1, -0.05) is 6.07 Å². The number of nitrogens with one attached hydrogen (secondary N) is 2. The van der Waals surface area contributed by atoms with Crippen LogP contribution in [0.1, 0.15) is 36.7 Å². The topological polar surface area (TPSA) is 103 Å². The highest BCUT2D eigenvalue weighted by atomic mass is 16.6. The van der Waals surface area contributed by atoms with Crippen molar-refractivity contribution in [3.05, 3.63) is 29.3 Å². The summed E-state index contributed by atoms with van der Waals surface area (Å²) in [6, 6.07) is 5.49. The molecule has 0 aliphatic heterocycles. The Hall–Kier alpha value is -2.12. The van der Waals surface area contributed by atoms with Crippen molar-refractivity contribution in [2.45, 2.75) is 33.4 Å². The molecule has 0 saturated carbocycles. The average molecular weight is 309 g/mol. The van der Waals surface area contributed by atoms with Crippen molar-refractivity contribution in [1.29, 1.82) is 0 Å². The maximum absolute atomic E-state index is 12.2. The van der Waals surface area contributed by atoms with Gasteiger partial charge in [0.1, 0.15) is 6.61 Å². The van der Waals surface area contributed by atoms with E-state index in [1.165, 1.54) is 6.92 Å². The molecular weight excluding hydrogens is 286 g/mol. The van der Waals surface area contributed by atoms with Gasteiger partial charge in [0.25, 0.3) is 5.91 Å². The van der Waals surface area contributed by atoms with Crippen LogP contribution >= 0.6 is 0 Å². The second-order valence-electron chi connectivity index (χ2n) is 5.02. The Morgan fingerprint density at radius 1 is 1.32 bits per heavy atom. The van der Waals surface area contributed by atoms with Crippen molar-refractivity contribution in [1.82, 2.24) is 5.48 Å². The van der Waals surface area contributed by atoms with Gasteiger partial charge in [0.05, 0.1) is 12.2 Å². The molecule has 0 atom stereocenters. The van der Waals surface area contributed by atoms with Crippen LogP contribution in [-0.2, 0) is 21.0 Å². The van der Waals surface area contributed by atoms with Gasteiger partial charge in [-0.25, -0.2) is 5.48 Å². The van der Waals surface area contributed by atoms with Gasteiger partial charge in [0, 0.05) is 30.8 Å². The molecule has 7 heteroatoms. The lowest BCUT2D eigenvalue weighted by Gasteiger charge is -2.15. The number of amides is 1. The van der Waals surface area contributed by atoms with Crippen molar-refractivity contribution < 1.29 is 19.2 Å². The summed E-state index contributed by atoms with van der Waals surface area (Å²) in [4.78, 5) is 28.1. The van der Waals surface area contributed by atoms with Crippen LogP contribution in [0.2, 0.25) is 0 Å². The molecule has 7 nitrogen and oxygen atoms in total. The first kappa shape index (κ1) is 17.9. The number of carbonyl (C=O) groups is 2. The standard InChI is InChI=1S/C15H23N3O4/c1-10(2)17-13-5-4-12(9-21-11(3)19)14(8-13)15(20)18-22-7-6-16/h4-5,8,10,17H,6-7,9,16H2,1-3H3,(H,18,20). The van der Waals surface area contributed by atoms with Crippen molar-refractivity contribution in [2.24, 2.45) is 5.73 Å². The third-order valence-corrected chi connectivity index (χ3v) is 2.63. The van der Waals surface area contributed by atoms with E-state index in [-0.39, 0.29) is 19.3 Å². The molecule has 1 aromatic carbocycles. The van der Waals surface area contributed by atoms with Gasteiger partial charge >= 0.3 is 5.97 Å². The van der Waals surface area contributed by atoms with E-state index in [0.29, 0.717) is 17.7 Å². The van der Waals surface area contributed by atoms with Crippen LogP contribution in [0.4, 0.5) is 5.69 Å². The van der Waals surface area contributed by atoms with Gasteiger partial charge in [-0.05, 0) is 26.0 Å². The Morgan fingerprint density at radius 3 is 2.64 bits per heavy atom. The molecule has 22 heavy (non-hydrogen) atoms. The van der Waals surface area contributed by atoms with Crippen molar-refractivity contribution >= 4 is 17.6 Å². The molecule has 1 amide bonds. The summed E-state index contributed by atoms with van der Waals surface area (Å²) in [7, 11) is 0. The van der Waals surface area contributed by atoms with Gasteiger partial charge in [-0.15, -0.1) is 0 Å². The van der Waals surface area contributed by atoms with Crippen molar-refractivity contribution in [2.75, 3.05) is 18.5 Å². The molecule has 0 aromatic heterocycles. The minimum absolute atomic E-state index is 0.0247. The maximum atomic E-state index is 12.2. The predicted molar refractivity (Wildman–Crippen MR) is 83.1 cm³/mol. The van der Waals surface area contributed by atoms with Crippen molar-refractivity contribution in [3.8, 4) is 0 Å². The van der Waals surface area contributed by atoms with Crippen LogP contribution in [0.3, 0.4) is 0 Å². The minimum atomic E-state index is -0.414. The third kappa shape index (κ3) is 6.11. The molecule has 0 aliphatic carbocycles. The Labute approximate surface area is 130 Å². The van der Waals surface area contributed by atoms with Crippen LogP contribution in [-0.4, -0.2) is 31.1 Å². The fourth-order valence-electron chi connectivity index (χ4n) is 1.75. The number of ether oxygens (including phenoxy) is 1. The Morgan fingerprint density at radius 2 is 2.05 bits per heavy atom. The molecule has 4 N–H and O–H groups in total. The Balaban J connectivity index is 2.94. The lowest BCUT2D eigenvalue weighted by molar-refractivity contribution is -0.142. The number of anilines is 1. The highest BCUT2D eigenvalue weighted by Crippen LogP contribution is 2.18. The molecule has 0 radical (unpaired) electrons. The normalized spacial score (nSPS) is 10.4. The van der Waals surface area contributed by atoms with Gasteiger partial charge in [0.2, 0.25) is 0 Å². The SMILES string of the molecule is CC(=O)OCc1ccc(NC(C)C)cc1C(=O)NOCCN. The first-order chi connectivity index (χ1) is 10.4. The molecule has 1 rings (SSSR count). The van der Waals surface area contributed by atoms with Crippen LogP contribution in [0, 0.1) is 0 Å². The summed E-state index contributed by atoms with van der Waals surface area (Å²) < 4.78 is 4.97. The Bertz CT molecular complexity index is 518. The first-order valence-corrected chi connectivity index (χ1v) is 7.09. The van der Waals surface area contributed by atoms with Gasteiger partial charge in [-0.2, -0.15) is 0 Å². The van der Waals surface area contributed by atoms with E-state index in [9.17, 15) is 9.59 Å². The predicted octanol–water partition coefficient (Wildman–Crippen LogP) is 1.19. The van der Waals surface area contributed by atoms with E-state index < -0.39 is 11.9 Å². The molecule has 0 saturated heterocycles. The van der Waals surface area contributed by atoms with E-state index in [4.69, 9.17) is 15.3 Å². The number of hydrogen-bond acceptors (Lipinski definition) is 6. The molecule has 0 heterocycles. The van der Waals surface area contributed by atoms with Gasteiger partial charge in [-0.3, -0.25) is 14.4 Å². The molecule has 0 unspecified atom stereocenters. The average Bonchev–Trinajstić information content (AvgIpc) is 2.45. The van der Waals surface area contributed by atoms with E-state index in [2.05, 4.69) is 10.8 Å². The van der Waals surface area contributed by atoms with E-state index >= 15 is 0 Å². The van der Waals surface area contributed by atoms with Crippen LogP contribution in [0.15, 0.2) is 18.2 Å². The summed E-state index contributed by atoms with van der Waals surface area (Å²) in [6.07, 6.45) is 0. The van der Waals surface area contributed by atoms with Crippen LogP contribution in [0.25, 0.3) is 0 Å². The monoisotopic (exact) mass is 309 g/mol. The van der Waals surface area contributed by atoms with Crippen LogP contribution < -0.4 is 16.5 Å². The number of rotatable bonds is 8. The maximum Gasteiger partial charge on any atom is 0.302 e. The lowest BCUT2D eigenvalue weighted by atomic mass is 10.1. The highest BCUT2D eigenvalue weighted by Gasteiger charge is 2.14. The second kappa shape index (κ2) is 9.01. The Kier molecular flexibility index (Phi) is 7.34. The number of nitrogens with two attached hydrogens (primary N) is 1. The number of hydroxylamine groups is 1. The summed E-state index contributed by atoms with van der Waals surface area (Å²) in [5, 5.41) is 3.21. The number of carbonyl (C=O) groups excluding carboxylic acids is 2. The minimum Gasteiger partial charge on any atom is -0.461 e. The molecule has 1 aromatic rings. The van der Waals surface area contributed by atoms with E-state index in [0.717, 1.165) is 5.69 Å². The number of esters is 1. The number of hydrogen-bond donors (Lipinski definition) is 3. The molecule has 0 fully saturated rings. The molecule has 0 bridgehead atoms. The second-order valence-corrected chi connectivity index (χ2v) is 5.02. The van der Waals surface area contributed by atoms with Crippen LogP contribution in [0.5, 0.6) is 0 Å². The lowest BCUT2D eigenvalue weighted by Crippen LogP contribution is -2.27. The summed E-state index contributed by atoms with van der Waals surface area (Å²) in [5.74, 6) is -0.821. The fourth-order valence-corrected chi connectivity index (χ4v) is 1.75. The first-order valence-electron chi connectivity index (χ1n) is 7.09. The molecule has 122 valence electrons. The molecule has 0 spiro atoms. The summed E-state index contributed by atoms with van der Waals surface area (Å²) in [5.41, 5.74) is 9.39. The van der Waals surface area contributed by atoms with E-state index in [1.54, 1.807) is 12.1 Å². The molecule has 0 aliphatic rings. The van der Waals surface area contributed by atoms with E-state index in [1.807, 2.05) is 19.9 Å². The quantitative estimate of drug-likeness (QED) is 0.379. The summed E-state index contributed by atoms with van der Waals surface area (Å²) >= 11 is 0. The zero-order valence-corrected chi connectivity index (χ0v) is 13.1. The molecular formula is C15H23N3O4. The fraction of sp³-hybridized carbons (Fsp3) is 0.467. The largest absolute Gasteiger partial charge is 0.461 e. The van der Waals surface area contributed by atoms with Crippen molar-refractivity contribution in [3.63, 3.8) is 0 Å².